The van der Waals surface area contributed by atoms with E-state index in [4.69, 9.17) is 37.9 Å². The minimum atomic E-state index is -0.804. The Morgan fingerprint density at radius 3 is 2.07 bits per heavy atom. The van der Waals surface area contributed by atoms with Gasteiger partial charge in [0.15, 0.2) is 35.2 Å². The first-order valence-corrected chi connectivity index (χ1v) is 13.7. The summed E-state index contributed by atoms with van der Waals surface area (Å²) in [4.78, 5) is 47.0. The zero-order valence-electron chi connectivity index (χ0n) is 24.7. The third-order valence-corrected chi connectivity index (χ3v) is 6.74. The number of methoxy groups -OCH3 is 1. The quantitative estimate of drug-likeness (QED) is 0.274. The van der Waals surface area contributed by atoms with E-state index in [0.29, 0.717) is 34.1 Å². The van der Waals surface area contributed by atoms with E-state index in [9.17, 15) is 19.2 Å². The van der Waals surface area contributed by atoms with Crippen LogP contribution in [0.2, 0.25) is 0 Å². The minimum Gasteiger partial charge on any atom is -0.493 e. The van der Waals surface area contributed by atoms with Gasteiger partial charge < -0.3 is 37.9 Å². The topological polar surface area (TPSA) is 142 Å². The van der Waals surface area contributed by atoms with E-state index in [1.54, 1.807) is 36.4 Å². The number of ether oxygens (including phenoxy) is 8. The summed E-state index contributed by atoms with van der Waals surface area (Å²) in [5.41, 5.74) is 1.81. The van der Waals surface area contributed by atoms with Crippen LogP contribution in [-0.4, -0.2) is 43.7 Å². The monoisotopic (exact) mass is 606 g/mol. The van der Waals surface area contributed by atoms with Gasteiger partial charge in [-0.05, 0) is 29.8 Å². The van der Waals surface area contributed by atoms with Crippen LogP contribution in [0.1, 0.15) is 56.6 Å². The molecule has 0 amide bonds. The lowest BCUT2D eigenvalue weighted by molar-refractivity contribution is -0.152. The van der Waals surface area contributed by atoms with Crippen LogP contribution in [0.25, 0.3) is 0 Å². The molecule has 0 saturated carbocycles. The molecule has 5 rings (SSSR count). The standard InChI is InChI=1S/C32H30O12/c1-16(33)39-22-12-26(41-18(3)35)23-14-30(42-19(4)36)32(44-27(23)13-22)21-7-8-24-29(11-21)43-31(15-38-24)20-6-9-25(40-17(2)34)28(10-20)37-5/h6-13,30-32H,14-15H2,1-5H3/t30-,31-,32+/m0/s1. The summed E-state index contributed by atoms with van der Waals surface area (Å²) in [6, 6.07) is 13.2. The van der Waals surface area contributed by atoms with Crippen LogP contribution in [0.5, 0.6) is 40.2 Å². The van der Waals surface area contributed by atoms with Gasteiger partial charge in [0, 0.05) is 57.4 Å². The van der Waals surface area contributed by atoms with Crippen molar-refractivity contribution in [1.82, 2.24) is 0 Å². The molecule has 3 atom stereocenters. The number of fused-ring (bicyclic) bond motifs is 2. The summed E-state index contributed by atoms with van der Waals surface area (Å²) >= 11 is 0. The molecule has 0 aromatic heterocycles. The van der Waals surface area contributed by atoms with Gasteiger partial charge in [-0.1, -0.05) is 12.1 Å². The summed E-state index contributed by atoms with van der Waals surface area (Å²) in [6.07, 6.45) is -1.98. The lowest BCUT2D eigenvalue weighted by Crippen LogP contribution is -2.34. The largest absolute Gasteiger partial charge is 0.493 e. The normalized spacial score (nSPS) is 18.2. The average Bonchev–Trinajstić information content (AvgIpc) is 2.95. The molecule has 12 nitrogen and oxygen atoms in total. The van der Waals surface area contributed by atoms with E-state index in [0.717, 1.165) is 5.56 Å². The molecule has 0 radical (unpaired) electrons. The summed E-state index contributed by atoms with van der Waals surface area (Å²) in [5.74, 6) is -0.0394. The summed E-state index contributed by atoms with van der Waals surface area (Å²) in [6.45, 7) is 5.30. The first-order valence-electron chi connectivity index (χ1n) is 13.7. The third kappa shape index (κ3) is 6.69. The van der Waals surface area contributed by atoms with Crippen LogP contribution in [0.3, 0.4) is 0 Å². The van der Waals surface area contributed by atoms with Gasteiger partial charge in [0.2, 0.25) is 0 Å². The van der Waals surface area contributed by atoms with Crippen molar-refractivity contribution in [3.8, 4) is 40.2 Å². The number of benzene rings is 3. The highest BCUT2D eigenvalue weighted by Crippen LogP contribution is 2.46. The van der Waals surface area contributed by atoms with E-state index in [1.807, 2.05) is 0 Å². The van der Waals surface area contributed by atoms with Gasteiger partial charge in [0.25, 0.3) is 0 Å². The molecule has 3 aromatic rings. The molecule has 0 unspecified atom stereocenters. The van der Waals surface area contributed by atoms with E-state index >= 15 is 0 Å². The Morgan fingerprint density at radius 2 is 1.39 bits per heavy atom. The van der Waals surface area contributed by atoms with E-state index in [-0.39, 0.29) is 30.3 Å². The zero-order valence-corrected chi connectivity index (χ0v) is 24.7. The first kappa shape index (κ1) is 30.2. The maximum absolute atomic E-state index is 12.1. The SMILES string of the molecule is COc1cc([C@@H]2COc3ccc([C@H]4Oc5cc(OC(C)=O)cc(OC(C)=O)c5C[C@@H]4OC(C)=O)cc3O2)ccc1OC(C)=O. The smallest absolute Gasteiger partial charge is 0.308 e. The average molecular weight is 607 g/mol. The lowest BCUT2D eigenvalue weighted by Gasteiger charge is -2.35. The summed E-state index contributed by atoms with van der Waals surface area (Å²) in [7, 11) is 1.47. The molecule has 44 heavy (non-hydrogen) atoms. The van der Waals surface area contributed by atoms with Crippen LogP contribution >= 0.6 is 0 Å². The Hall–Kier alpha value is -5.26. The van der Waals surface area contributed by atoms with Crippen LogP contribution < -0.4 is 33.2 Å². The number of carbonyl (C=O) groups excluding carboxylic acids is 4. The molecule has 2 aliphatic rings. The maximum Gasteiger partial charge on any atom is 0.308 e. The van der Waals surface area contributed by atoms with Crippen LogP contribution in [0, 0.1) is 0 Å². The molecule has 0 fully saturated rings. The molecule has 12 heteroatoms. The Balaban J connectivity index is 1.47. The highest BCUT2D eigenvalue weighted by molar-refractivity contribution is 5.73. The molecular formula is C32H30O12. The lowest BCUT2D eigenvalue weighted by atomic mass is 9.93. The number of hydrogen-bond donors (Lipinski definition) is 0. The highest BCUT2D eigenvalue weighted by Gasteiger charge is 2.37. The van der Waals surface area contributed by atoms with Gasteiger partial charge in [-0.3, -0.25) is 19.2 Å². The summed E-state index contributed by atoms with van der Waals surface area (Å²) < 4.78 is 45.5. The van der Waals surface area contributed by atoms with E-state index in [2.05, 4.69) is 0 Å². The van der Waals surface area contributed by atoms with Gasteiger partial charge in [-0.2, -0.15) is 0 Å². The predicted octanol–water partition coefficient (Wildman–Crippen LogP) is 4.59. The number of carbonyl (C=O) groups is 4. The molecule has 0 N–H and O–H groups in total. The third-order valence-electron chi connectivity index (χ3n) is 6.74. The van der Waals surface area contributed by atoms with Crippen molar-refractivity contribution in [2.75, 3.05) is 13.7 Å². The molecule has 0 spiro atoms. The second-order valence-electron chi connectivity index (χ2n) is 10.1. The van der Waals surface area contributed by atoms with Crippen molar-refractivity contribution >= 4 is 23.9 Å². The molecule has 0 aliphatic carbocycles. The molecule has 230 valence electrons. The Kier molecular flexibility index (Phi) is 8.61. The van der Waals surface area contributed by atoms with Crippen molar-refractivity contribution in [3.63, 3.8) is 0 Å². The Labute approximate surface area is 252 Å². The minimum absolute atomic E-state index is 0.123. The van der Waals surface area contributed by atoms with Crippen molar-refractivity contribution in [3.05, 3.63) is 65.2 Å². The first-order chi connectivity index (χ1) is 21.0. The number of hydrogen-bond acceptors (Lipinski definition) is 12. The molecule has 2 heterocycles. The second kappa shape index (κ2) is 12.5. The van der Waals surface area contributed by atoms with Crippen molar-refractivity contribution in [2.45, 2.75) is 52.4 Å². The van der Waals surface area contributed by atoms with Gasteiger partial charge in [0.05, 0.1) is 7.11 Å². The fraction of sp³-hybridized carbons (Fsp3) is 0.312. The van der Waals surface area contributed by atoms with Crippen LogP contribution in [0.4, 0.5) is 0 Å². The second-order valence-corrected chi connectivity index (χ2v) is 10.1. The van der Waals surface area contributed by atoms with Crippen molar-refractivity contribution < 1.29 is 57.1 Å². The van der Waals surface area contributed by atoms with Crippen LogP contribution in [-0.2, 0) is 30.3 Å². The van der Waals surface area contributed by atoms with Gasteiger partial charge in [0.1, 0.15) is 30.0 Å². The fourth-order valence-electron chi connectivity index (χ4n) is 5.05. The molecule has 3 aromatic carbocycles. The highest BCUT2D eigenvalue weighted by atomic mass is 16.6. The number of rotatable bonds is 7. The van der Waals surface area contributed by atoms with Gasteiger partial charge in [-0.15, -0.1) is 0 Å². The van der Waals surface area contributed by atoms with Gasteiger partial charge in [-0.25, -0.2) is 0 Å². The van der Waals surface area contributed by atoms with Gasteiger partial charge >= 0.3 is 23.9 Å². The van der Waals surface area contributed by atoms with Crippen molar-refractivity contribution in [2.24, 2.45) is 0 Å². The Morgan fingerprint density at radius 1 is 0.682 bits per heavy atom. The number of esters is 4. The summed E-state index contributed by atoms with van der Waals surface area (Å²) in [5, 5.41) is 0. The van der Waals surface area contributed by atoms with Crippen LogP contribution in [0.15, 0.2) is 48.5 Å². The Bertz CT molecular complexity index is 1630. The molecule has 2 aliphatic heterocycles. The van der Waals surface area contributed by atoms with E-state index in [1.165, 1.54) is 46.9 Å². The van der Waals surface area contributed by atoms with E-state index < -0.39 is 42.2 Å². The van der Waals surface area contributed by atoms with Crippen molar-refractivity contribution in [1.29, 1.82) is 0 Å². The molecule has 0 bridgehead atoms. The fourth-order valence-corrected chi connectivity index (χ4v) is 5.05. The molecule has 0 saturated heterocycles. The molecular weight excluding hydrogens is 576 g/mol. The zero-order chi connectivity index (χ0) is 31.5. The predicted molar refractivity (Wildman–Crippen MR) is 151 cm³/mol. The maximum atomic E-state index is 12.1.